The third-order valence-electron chi connectivity index (χ3n) is 0.570. The highest BCUT2D eigenvalue weighted by atomic mass is 35.5. The standard InChI is InChI=1S/C4H9ClO2/c1-6-3-2-4-7-5/h2-4H2,1H3. The predicted octanol–water partition coefficient (Wildman–Crippen LogP) is 1.19. The largest absolute Gasteiger partial charge is 0.385 e. The van der Waals surface area contributed by atoms with Crippen molar-refractivity contribution in [2.75, 3.05) is 20.3 Å². The average Bonchev–Trinajstić information content (AvgIpc) is 1.69. The lowest BCUT2D eigenvalue weighted by Crippen LogP contribution is -1.91. The molecule has 0 saturated carbocycles. The Bertz CT molecular complexity index is 28.9. The number of rotatable bonds is 4. The fraction of sp³-hybridized carbons (Fsp3) is 1.00. The maximum absolute atomic E-state index is 4.88. The molecule has 0 aliphatic rings. The Morgan fingerprint density at radius 1 is 1.43 bits per heavy atom. The molecule has 0 atom stereocenters. The summed E-state index contributed by atoms with van der Waals surface area (Å²) in [4.78, 5) is 0. The quantitative estimate of drug-likeness (QED) is 0.525. The van der Waals surface area contributed by atoms with Crippen LogP contribution in [0.15, 0.2) is 0 Å². The van der Waals surface area contributed by atoms with E-state index in [2.05, 4.69) is 4.29 Å². The molecule has 0 N–H and O–H groups in total. The molecule has 0 heterocycles. The predicted molar refractivity (Wildman–Crippen MR) is 28.3 cm³/mol. The lowest BCUT2D eigenvalue weighted by Gasteiger charge is -1.92. The van der Waals surface area contributed by atoms with Crippen LogP contribution in [-0.2, 0) is 9.03 Å². The van der Waals surface area contributed by atoms with Gasteiger partial charge in [-0.25, -0.2) is 0 Å². The zero-order valence-corrected chi connectivity index (χ0v) is 5.07. The van der Waals surface area contributed by atoms with Crippen LogP contribution in [0.1, 0.15) is 6.42 Å². The second-order valence-electron chi connectivity index (χ2n) is 1.16. The molecule has 0 spiro atoms. The Kier molecular flexibility index (Phi) is 6.40. The second-order valence-corrected chi connectivity index (χ2v) is 1.38. The molecule has 2 nitrogen and oxygen atoms in total. The normalized spacial score (nSPS) is 9.43. The SMILES string of the molecule is COCCCOCl. The molecule has 0 radical (unpaired) electrons. The molecule has 0 aliphatic carbocycles. The topological polar surface area (TPSA) is 18.5 Å². The third kappa shape index (κ3) is 6.21. The molecule has 3 heteroatoms. The fourth-order valence-corrected chi connectivity index (χ4v) is 0.367. The summed E-state index contributed by atoms with van der Waals surface area (Å²) in [7, 11) is 1.65. The highest BCUT2D eigenvalue weighted by Crippen LogP contribution is 1.84. The van der Waals surface area contributed by atoms with Gasteiger partial charge in [-0.1, -0.05) is 0 Å². The van der Waals surface area contributed by atoms with Crippen LogP contribution in [-0.4, -0.2) is 20.3 Å². The lowest BCUT2D eigenvalue weighted by molar-refractivity contribution is 0.175. The second kappa shape index (κ2) is 6.21. The van der Waals surface area contributed by atoms with Gasteiger partial charge < -0.3 is 4.74 Å². The Morgan fingerprint density at radius 2 is 2.14 bits per heavy atom. The molecule has 0 amide bonds. The first-order valence-corrected chi connectivity index (χ1v) is 2.45. The first-order valence-electron chi connectivity index (χ1n) is 2.14. The smallest absolute Gasteiger partial charge is 0.0704 e. The van der Waals surface area contributed by atoms with E-state index in [-0.39, 0.29) is 0 Å². The van der Waals surface area contributed by atoms with Gasteiger partial charge >= 0.3 is 0 Å². The zero-order valence-electron chi connectivity index (χ0n) is 4.32. The Morgan fingerprint density at radius 3 is 2.57 bits per heavy atom. The van der Waals surface area contributed by atoms with Gasteiger partial charge in [0, 0.05) is 13.7 Å². The van der Waals surface area contributed by atoms with Crippen LogP contribution in [0.25, 0.3) is 0 Å². The van der Waals surface area contributed by atoms with Crippen molar-refractivity contribution in [3.8, 4) is 0 Å². The van der Waals surface area contributed by atoms with Crippen LogP contribution in [0.5, 0.6) is 0 Å². The van der Waals surface area contributed by atoms with Gasteiger partial charge in [0.25, 0.3) is 0 Å². The van der Waals surface area contributed by atoms with Crippen LogP contribution < -0.4 is 0 Å². The first-order chi connectivity index (χ1) is 3.41. The highest BCUT2D eigenvalue weighted by Gasteiger charge is 1.81. The summed E-state index contributed by atoms with van der Waals surface area (Å²) in [5.74, 6) is 0. The molecule has 0 saturated heterocycles. The van der Waals surface area contributed by atoms with Crippen molar-refractivity contribution in [1.29, 1.82) is 0 Å². The summed E-state index contributed by atoms with van der Waals surface area (Å²) in [6.07, 6.45) is 0.861. The molecule has 0 aromatic heterocycles. The fourth-order valence-electron chi connectivity index (χ4n) is 0.258. The summed E-state index contributed by atoms with van der Waals surface area (Å²) in [5, 5.41) is 0. The van der Waals surface area contributed by atoms with Gasteiger partial charge in [0.2, 0.25) is 0 Å². The van der Waals surface area contributed by atoms with Gasteiger partial charge in [0.05, 0.1) is 18.5 Å². The molecular formula is C4H9ClO2. The Labute approximate surface area is 48.5 Å². The average molecular weight is 125 g/mol. The van der Waals surface area contributed by atoms with Gasteiger partial charge in [0.15, 0.2) is 0 Å². The minimum Gasteiger partial charge on any atom is -0.385 e. The summed E-state index contributed by atoms with van der Waals surface area (Å²) in [6, 6.07) is 0. The summed E-state index contributed by atoms with van der Waals surface area (Å²) in [5.41, 5.74) is 0. The van der Waals surface area contributed by atoms with Crippen molar-refractivity contribution in [1.82, 2.24) is 0 Å². The van der Waals surface area contributed by atoms with Crippen molar-refractivity contribution in [2.24, 2.45) is 0 Å². The minimum atomic E-state index is 0.565. The number of hydrogen-bond acceptors (Lipinski definition) is 2. The maximum Gasteiger partial charge on any atom is 0.0704 e. The Balaban J connectivity index is 2.45. The van der Waals surface area contributed by atoms with Crippen molar-refractivity contribution in [3.05, 3.63) is 0 Å². The summed E-state index contributed by atoms with van der Waals surface area (Å²) >= 11 is 4.88. The van der Waals surface area contributed by atoms with Crippen LogP contribution in [0.3, 0.4) is 0 Å². The van der Waals surface area contributed by atoms with Gasteiger partial charge in [-0.2, -0.15) is 0 Å². The van der Waals surface area contributed by atoms with Crippen LogP contribution >= 0.6 is 11.9 Å². The molecule has 0 fully saturated rings. The molecule has 0 aromatic carbocycles. The Hall–Kier alpha value is 0.210. The molecule has 0 aliphatic heterocycles. The number of hydrogen-bond donors (Lipinski definition) is 0. The van der Waals surface area contributed by atoms with Crippen molar-refractivity contribution >= 4 is 11.9 Å². The van der Waals surface area contributed by atoms with Crippen molar-refractivity contribution in [3.63, 3.8) is 0 Å². The van der Waals surface area contributed by atoms with Gasteiger partial charge in [-0.05, 0) is 6.42 Å². The summed E-state index contributed by atoms with van der Waals surface area (Å²) < 4.78 is 8.94. The van der Waals surface area contributed by atoms with Gasteiger partial charge in [-0.15, -0.1) is 0 Å². The van der Waals surface area contributed by atoms with Crippen molar-refractivity contribution in [2.45, 2.75) is 6.42 Å². The number of methoxy groups -OCH3 is 1. The van der Waals surface area contributed by atoms with Gasteiger partial charge in [-0.3, -0.25) is 4.29 Å². The molecule has 44 valence electrons. The van der Waals surface area contributed by atoms with E-state index in [1.165, 1.54) is 0 Å². The molecule has 0 bridgehead atoms. The van der Waals surface area contributed by atoms with Crippen LogP contribution in [0.2, 0.25) is 0 Å². The van der Waals surface area contributed by atoms with E-state index in [0.29, 0.717) is 13.2 Å². The molecular weight excluding hydrogens is 115 g/mol. The van der Waals surface area contributed by atoms with E-state index < -0.39 is 0 Å². The molecule has 7 heavy (non-hydrogen) atoms. The lowest BCUT2D eigenvalue weighted by atomic mass is 10.5. The molecule has 0 unspecified atom stereocenters. The van der Waals surface area contributed by atoms with Gasteiger partial charge in [0.1, 0.15) is 0 Å². The van der Waals surface area contributed by atoms with E-state index in [9.17, 15) is 0 Å². The van der Waals surface area contributed by atoms with Crippen molar-refractivity contribution < 1.29 is 9.03 Å². The minimum absolute atomic E-state index is 0.565. The van der Waals surface area contributed by atoms with Crippen LogP contribution in [0.4, 0.5) is 0 Å². The third-order valence-corrected chi connectivity index (χ3v) is 0.724. The van der Waals surface area contributed by atoms with E-state index in [4.69, 9.17) is 16.6 Å². The van der Waals surface area contributed by atoms with E-state index in [0.717, 1.165) is 6.42 Å². The molecule has 0 aromatic rings. The van der Waals surface area contributed by atoms with E-state index >= 15 is 0 Å². The summed E-state index contributed by atoms with van der Waals surface area (Å²) in [6.45, 7) is 1.28. The van der Waals surface area contributed by atoms with E-state index in [1.807, 2.05) is 0 Å². The number of ether oxygens (including phenoxy) is 1. The van der Waals surface area contributed by atoms with E-state index in [1.54, 1.807) is 7.11 Å². The zero-order chi connectivity index (χ0) is 5.54. The maximum atomic E-state index is 4.88. The first kappa shape index (κ1) is 7.21. The van der Waals surface area contributed by atoms with Crippen LogP contribution in [0, 0.1) is 0 Å². The monoisotopic (exact) mass is 124 g/mol. The highest BCUT2D eigenvalue weighted by molar-refractivity contribution is 6.07. The number of halogens is 1. The molecule has 0 rings (SSSR count).